The molecule has 0 unspecified atom stereocenters. The standard InChI is InChI=1S/C22H24FN3O/c23-19-5-4-6-20-21(19)18(22(27)25-20)15-24-17-9-7-16(8-10-17)11-14-26-12-2-1-3-13-26/h4-10,15,25,27H,1-3,11-14H2. The monoisotopic (exact) mass is 365 g/mol. The molecule has 3 aromatic rings. The van der Waals surface area contributed by atoms with Crippen molar-refractivity contribution in [2.24, 2.45) is 4.99 Å². The predicted molar refractivity (Wildman–Crippen MR) is 108 cm³/mol. The van der Waals surface area contributed by atoms with Gasteiger partial charge in [-0.2, -0.15) is 0 Å². The molecule has 0 aliphatic carbocycles. The van der Waals surface area contributed by atoms with E-state index in [4.69, 9.17) is 0 Å². The normalized spacial score (nSPS) is 15.7. The van der Waals surface area contributed by atoms with E-state index in [1.54, 1.807) is 12.1 Å². The fourth-order valence-electron chi connectivity index (χ4n) is 3.70. The van der Waals surface area contributed by atoms with Crippen LogP contribution in [0, 0.1) is 5.82 Å². The van der Waals surface area contributed by atoms with Crippen LogP contribution in [0.4, 0.5) is 10.1 Å². The maximum atomic E-state index is 14.1. The van der Waals surface area contributed by atoms with Crippen LogP contribution in [0.3, 0.4) is 0 Å². The molecule has 4 nitrogen and oxygen atoms in total. The Balaban J connectivity index is 1.45. The Morgan fingerprint density at radius 2 is 1.85 bits per heavy atom. The van der Waals surface area contributed by atoms with Crippen molar-refractivity contribution >= 4 is 22.8 Å². The molecular formula is C22H24FN3O. The molecule has 0 saturated carbocycles. The third kappa shape index (κ3) is 4.03. The number of rotatable bonds is 5. The molecule has 0 atom stereocenters. The van der Waals surface area contributed by atoms with Crippen LogP contribution in [-0.4, -0.2) is 40.8 Å². The number of aromatic hydroxyl groups is 1. The molecule has 0 radical (unpaired) electrons. The van der Waals surface area contributed by atoms with Gasteiger partial charge in [-0.1, -0.05) is 24.6 Å². The molecule has 0 bridgehead atoms. The zero-order chi connectivity index (χ0) is 18.6. The fourth-order valence-corrected chi connectivity index (χ4v) is 3.70. The van der Waals surface area contributed by atoms with Crippen LogP contribution in [0.5, 0.6) is 5.88 Å². The lowest BCUT2D eigenvalue weighted by molar-refractivity contribution is 0.231. The van der Waals surface area contributed by atoms with Crippen LogP contribution < -0.4 is 0 Å². The molecule has 140 valence electrons. The van der Waals surface area contributed by atoms with Gasteiger partial charge in [-0.3, -0.25) is 4.99 Å². The van der Waals surface area contributed by atoms with E-state index in [0.29, 0.717) is 16.5 Å². The van der Waals surface area contributed by atoms with Crippen LogP contribution in [0.2, 0.25) is 0 Å². The van der Waals surface area contributed by atoms with E-state index in [1.807, 2.05) is 12.1 Å². The molecule has 2 aromatic carbocycles. The minimum absolute atomic E-state index is 0.0722. The molecule has 4 rings (SSSR count). The lowest BCUT2D eigenvalue weighted by Gasteiger charge is -2.26. The molecule has 0 amide bonds. The largest absolute Gasteiger partial charge is 0.494 e. The Bertz CT molecular complexity index is 940. The summed E-state index contributed by atoms with van der Waals surface area (Å²) in [5.41, 5.74) is 3.00. The third-order valence-electron chi connectivity index (χ3n) is 5.24. The topological polar surface area (TPSA) is 51.6 Å². The second kappa shape index (κ2) is 7.92. The fraction of sp³-hybridized carbons (Fsp3) is 0.318. The minimum atomic E-state index is -0.376. The third-order valence-corrected chi connectivity index (χ3v) is 5.24. The molecule has 2 heterocycles. The molecule has 5 heteroatoms. The summed E-state index contributed by atoms with van der Waals surface area (Å²) in [6, 6.07) is 12.8. The maximum absolute atomic E-state index is 14.1. The summed E-state index contributed by atoms with van der Waals surface area (Å²) >= 11 is 0. The second-order valence-electron chi connectivity index (χ2n) is 7.13. The van der Waals surface area contributed by atoms with E-state index in [9.17, 15) is 9.50 Å². The summed E-state index contributed by atoms with van der Waals surface area (Å²) in [6.07, 6.45) is 6.54. The number of aromatic nitrogens is 1. The summed E-state index contributed by atoms with van der Waals surface area (Å²) in [7, 11) is 0. The van der Waals surface area contributed by atoms with Gasteiger partial charge in [-0.25, -0.2) is 4.39 Å². The quantitative estimate of drug-likeness (QED) is 0.639. The van der Waals surface area contributed by atoms with Crippen molar-refractivity contribution < 1.29 is 9.50 Å². The number of piperidine rings is 1. The highest BCUT2D eigenvalue weighted by molar-refractivity contribution is 6.02. The summed E-state index contributed by atoms with van der Waals surface area (Å²) < 4.78 is 14.1. The molecule has 1 saturated heterocycles. The van der Waals surface area contributed by atoms with Gasteiger partial charge >= 0.3 is 0 Å². The SMILES string of the molecule is Oc1[nH]c2cccc(F)c2c1C=Nc1ccc(CCN2CCCCC2)cc1. The van der Waals surface area contributed by atoms with E-state index in [1.165, 1.54) is 50.2 Å². The summed E-state index contributed by atoms with van der Waals surface area (Å²) in [6.45, 7) is 3.53. The van der Waals surface area contributed by atoms with Gasteiger partial charge in [0.05, 0.1) is 16.8 Å². The van der Waals surface area contributed by atoms with Gasteiger partial charge in [0.2, 0.25) is 0 Å². The molecule has 1 fully saturated rings. The minimum Gasteiger partial charge on any atom is -0.494 e. The highest BCUT2D eigenvalue weighted by Gasteiger charge is 2.13. The Morgan fingerprint density at radius 1 is 1.07 bits per heavy atom. The number of fused-ring (bicyclic) bond motifs is 1. The molecule has 27 heavy (non-hydrogen) atoms. The number of hydrogen-bond donors (Lipinski definition) is 2. The van der Waals surface area contributed by atoms with Crippen molar-refractivity contribution in [3.63, 3.8) is 0 Å². The number of aliphatic imine (C=N–C) groups is 1. The van der Waals surface area contributed by atoms with Crippen molar-refractivity contribution in [2.75, 3.05) is 19.6 Å². The molecule has 1 aliphatic rings. The number of nitrogens with one attached hydrogen (secondary N) is 1. The smallest absolute Gasteiger partial charge is 0.198 e. The zero-order valence-corrected chi connectivity index (χ0v) is 15.3. The number of halogens is 1. The van der Waals surface area contributed by atoms with Crippen LogP contribution in [-0.2, 0) is 6.42 Å². The number of benzene rings is 2. The van der Waals surface area contributed by atoms with Gasteiger partial charge in [0.1, 0.15) is 5.82 Å². The van der Waals surface area contributed by atoms with Crippen LogP contribution in [0.1, 0.15) is 30.4 Å². The Hall–Kier alpha value is -2.66. The maximum Gasteiger partial charge on any atom is 0.198 e. The van der Waals surface area contributed by atoms with E-state index in [0.717, 1.165) is 18.7 Å². The summed E-state index contributed by atoms with van der Waals surface area (Å²) in [5, 5.41) is 10.4. The first-order valence-corrected chi connectivity index (χ1v) is 9.55. The summed E-state index contributed by atoms with van der Waals surface area (Å²) in [4.78, 5) is 9.72. The molecule has 0 spiro atoms. The molecule has 1 aromatic heterocycles. The van der Waals surface area contributed by atoms with Gasteiger partial charge in [0.25, 0.3) is 0 Å². The van der Waals surface area contributed by atoms with E-state index in [-0.39, 0.29) is 11.7 Å². The number of nitrogens with zero attached hydrogens (tertiary/aromatic N) is 2. The van der Waals surface area contributed by atoms with Gasteiger partial charge in [-0.15, -0.1) is 0 Å². The first-order chi connectivity index (χ1) is 13.2. The molecular weight excluding hydrogens is 341 g/mol. The highest BCUT2D eigenvalue weighted by atomic mass is 19.1. The molecule has 1 aliphatic heterocycles. The van der Waals surface area contributed by atoms with Gasteiger partial charge in [-0.05, 0) is 62.2 Å². The van der Waals surface area contributed by atoms with Crippen LogP contribution >= 0.6 is 0 Å². The van der Waals surface area contributed by atoms with Crippen molar-refractivity contribution in [3.05, 3.63) is 59.4 Å². The Morgan fingerprint density at radius 3 is 2.63 bits per heavy atom. The van der Waals surface area contributed by atoms with E-state index >= 15 is 0 Å². The van der Waals surface area contributed by atoms with Gasteiger partial charge in [0, 0.05) is 18.1 Å². The van der Waals surface area contributed by atoms with Crippen molar-refractivity contribution in [1.29, 1.82) is 0 Å². The van der Waals surface area contributed by atoms with Crippen molar-refractivity contribution in [2.45, 2.75) is 25.7 Å². The van der Waals surface area contributed by atoms with Crippen LogP contribution in [0.15, 0.2) is 47.5 Å². The number of H-pyrrole nitrogens is 1. The second-order valence-corrected chi connectivity index (χ2v) is 7.13. The van der Waals surface area contributed by atoms with Crippen molar-refractivity contribution in [3.8, 4) is 5.88 Å². The lowest BCUT2D eigenvalue weighted by atomic mass is 10.1. The average Bonchev–Trinajstić information content (AvgIpc) is 3.03. The molecule has 2 N–H and O–H groups in total. The lowest BCUT2D eigenvalue weighted by Crippen LogP contribution is -2.31. The number of likely N-dealkylation sites (tertiary alicyclic amines) is 1. The summed E-state index contributed by atoms with van der Waals surface area (Å²) in [5.74, 6) is -0.449. The number of hydrogen-bond acceptors (Lipinski definition) is 3. The van der Waals surface area contributed by atoms with Gasteiger partial charge < -0.3 is 15.0 Å². The van der Waals surface area contributed by atoms with Gasteiger partial charge in [0.15, 0.2) is 5.88 Å². The highest BCUT2D eigenvalue weighted by Crippen LogP contribution is 2.28. The predicted octanol–water partition coefficient (Wildman–Crippen LogP) is 4.79. The average molecular weight is 365 g/mol. The van der Waals surface area contributed by atoms with Crippen LogP contribution in [0.25, 0.3) is 10.9 Å². The Labute approximate surface area is 158 Å². The van der Waals surface area contributed by atoms with E-state index < -0.39 is 0 Å². The number of aromatic amines is 1. The first kappa shape index (κ1) is 17.7. The van der Waals surface area contributed by atoms with E-state index in [2.05, 4.69) is 27.0 Å². The Kier molecular flexibility index (Phi) is 5.21. The van der Waals surface area contributed by atoms with Crippen molar-refractivity contribution in [1.82, 2.24) is 9.88 Å². The first-order valence-electron chi connectivity index (χ1n) is 9.55. The zero-order valence-electron chi connectivity index (χ0n) is 15.3.